The van der Waals surface area contributed by atoms with Crippen LogP contribution in [0.1, 0.15) is 48.9 Å². The summed E-state index contributed by atoms with van der Waals surface area (Å²) in [6.07, 6.45) is 7.32. The molecule has 1 amide bonds. The monoisotopic (exact) mass is 258 g/mol. The molecule has 2 N–H and O–H groups in total. The van der Waals surface area contributed by atoms with Crippen molar-refractivity contribution < 1.29 is 4.79 Å². The SMILES string of the molecule is O=C(NC1CCNC2(CCCC2)C1)c1ccccc1. The normalized spacial score (nSPS) is 25.4. The van der Waals surface area contributed by atoms with Crippen molar-refractivity contribution in [3.05, 3.63) is 35.9 Å². The molecule has 1 spiro atoms. The van der Waals surface area contributed by atoms with Gasteiger partial charge in [0.15, 0.2) is 0 Å². The lowest BCUT2D eigenvalue weighted by atomic mass is 9.84. The molecule has 1 saturated heterocycles. The van der Waals surface area contributed by atoms with Crippen molar-refractivity contribution in [2.24, 2.45) is 0 Å². The first-order valence-corrected chi connectivity index (χ1v) is 7.38. The van der Waals surface area contributed by atoms with Crippen LogP contribution in [-0.2, 0) is 0 Å². The Hall–Kier alpha value is -1.35. The van der Waals surface area contributed by atoms with Gasteiger partial charge in [0, 0.05) is 17.1 Å². The van der Waals surface area contributed by atoms with Crippen LogP contribution in [0.4, 0.5) is 0 Å². The minimum Gasteiger partial charge on any atom is -0.349 e. The molecular formula is C16H22N2O. The maximum absolute atomic E-state index is 12.2. The Bertz CT molecular complexity index is 437. The van der Waals surface area contributed by atoms with Crippen LogP contribution in [0, 0.1) is 0 Å². The Morgan fingerprint density at radius 2 is 1.95 bits per heavy atom. The summed E-state index contributed by atoms with van der Waals surface area (Å²) in [5.41, 5.74) is 1.08. The van der Waals surface area contributed by atoms with Gasteiger partial charge in [-0.2, -0.15) is 0 Å². The lowest BCUT2D eigenvalue weighted by Gasteiger charge is -2.39. The van der Waals surface area contributed by atoms with Gasteiger partial charge >= 0.3 is 0 Å². The minimum atomic E-state index is 0.0700. The molecule has 2 fully saturated rings. The highest BCUT2D eigenvalue weighted by Gasteiger charge is 2.38. The zero-order chi connectivity index (χ0) is 13.1. The van der Waals surface area contributed by atoms with Crippen molar-refractivity contribution in [2.45, 2.75) is 50.1 Å². The average molecular weight is 258 g/mol. The lowest BCUT2D eigenvalue weighted by Crippen LogP contribution is -2.54. The van der Waals surface area contributed by atoms with Gasteiger partial charge < -0.3 is 10.6 Å². The average Bonchev–Trinajstić information content (AvgIpc) is 2.88. The molecule has 0 aromatic heterocycles. The first-order valence-electron chi connectivity index (χ1n) is 7.38. The predicted molar refractivity (Wildman–Crippen MR) is 76.1 cm³/mol. The molecule has 102 valence electrons. The summed E-state index contributed by atoms with van der Waals surface area (Å²) in [6, 6.07) is 9.84. The summed E-state index contributed by atoms with van der Waals surface area (Å²) < 4.78 is 0. The zero-order valence-corrected chi connectivity index (χ0v) is 11.3. The number of nitrogens with one attached hydrogen (secondary N) is 2. The maximum atomic E-state index is 12.2. The van der Waals surface area contributed by atoms with E-state index in [0.717, 1.165) is 24.9 Å². The van der Waals surface area contributed by atoms with Crippen molar-refractivity contribution in [2.75, 3.05) is 6.54 Å². The number of benzene rings is 1. The van der Waals surface area contributed by atoms with Crippen molar-refractivity contribution in [1.82, 2.24) is 10.6 Å². The molecular weight excluding hydrogens is 236 g/mol. The number of rotatable bonds is 2. The Morgan fingerprint density at radius 3 is 2.68 bits per heavy atom. The summed E-state index contributed by atoms with van der Waals surface area (Å²) in [4.78, 5) is 12.2. The Balaban J connectivity index is 1.62. The van der Waals surface area contributed by atoms with E-state index in [1.807, 2.05) is 30.3 Å². The van der Waals surface area contributed by atoms with Crippen molar-refractivity contribution in [3.63, 3.8) is 0 Å². The van der Waals surface area contributed by atoms with E-state index in [1.54, 1.807) is 0 Å². The van der Waals surface area contributed by atoms with E-state index in [-0.39, 0.29) is 5.91 Å². The molecule has 3 heteroatoms. The first kappa shape index (κ1) is 12.7. The molecule has 1 aromatic carbocycles. The second-order valence-corrected chi connectivity index (χ2v) is 5.94. The summed E-state index contributed by atoms with van der Waals surface area (Å²) in [5.74, 6) is 0.0700. The minimum absolute atomic E-state index is 0.0700. The van der Waals surface area contributed by atoms with Gasteiger partial charge in [-0.25, -0.2) is 0 Å². The molecule has 1 heterocycles. The molecule has 0 radical (unpaired) electrons. The van der Waals surface area contributed by atoms with Gasteiger partial charge in [-0.15, -0.1) is 0 Å². The van der Waals surface area contributed by atoms with Crippen LogP contribution < -0.4 is 10.6 Å². The molecule has 1 aliphatic heterocycles. The molecule has 3 rings (SSSR count). The third-order valence-electron chi connectivity index (χ3n) is 4.56. The van der Waals surface area contributed by atoms with Crippen LogP contribution in [0.5, 0.6) is 0 Å². The van der Waals surface area contributed by atoms with Crippen molar-refractivity contribution in [3.8, 4) is 0 Å². The van der Waals surface area contributed by atoms with Gasteiger partial charge in [-0.05, 0) is 44.4 Å². The molecule has 1 aliphatic carbocycles. The van der Waals surface area contributed by atoms with Gasteiger partial charge in [0.05, 0.1) is 0 Å². The van der Waals surface area contributed by atoms with Crippen LogP contribution in [0.3, 0.4) is 0 Å². The Labute approximate surface area is 114 Å². The molecule has 0 bridgehead atoms. The fourth-order valence-electron chi connectivity index (χ4n) is 3.57. The van der Waals surface area contributed by atoms with E-state index >= 15 is 0 Å². The van der Waals surface area contributed by atoms with Gasteiger partial charge in [0.1, 0.15) is 0 Å². The molecule has 3 nitrogen and oxygen atoms in total. The largest absolute Gasteiger partial charge is 0.349 e. The van der Waals surface area contributed by atoms with E-state index in [1.165, 1.54) is 25.7 Å². The number of hydrogen-bond acceptors (Lipinski definition) is 2. The van der Waals surface area contributed by atoms with Gasteiger partial charge in [0.25, 0.3) is 5.91 Å². The predicted octanol–water partition coefficient (Wildman–Crippen LogP) is 2.48. The summed E-state index contributed by atoms with van der Waals surface area (Å²) in [6.45, 7) is 1.03. The fourth-order valence-corrected chi connectivity index (χ4v) is 3.57. The molecule has 1 aromatic rings. The highest BCUT2D eigenvalue weighted by molar-refractivity contribution is 5.94. The second kappa shape index (κ2) is 5.33. The standard InChI is InChI=1S/C16H22N2O/c19-15(13-6-2-1-3-7-13)18-14-8-11-17-16(12-14)9-4-5-10-16/h1-3,6-7,14,17H,4-5,8-12H2,(H,18,19). The molecule has 1 unspecified atom stereocenters. The van der Waals surface area contributed by atoms with Crippen LogP contribution in [-0.4, -0.2) is 24.0 Å². The highest BCUT2D eigenvalue weighted by atomic mass is 16.1. The smallest absolute Gasteiger partial charge is 0.251 e. The van der Waals surface area contributed by atoms with Crippen LogP contribution in [0.25, 0.3) is 0 Å². The van der Waals surface area contributed by atoms with Crippen molar-refractivity contribution in [1.29, 1.82) is 0 Å². The van der Waals surface area contributed by atoms with Gasteiger partial charge in [0.2, 0.25) is 0 Å². The molecule has 1 atom stereocenters. The van der Waals surface area contributed by atoms with Crippen LogP contribution in [0.15, 0.2) is 30.3 Å². The maximum Gasteiger partial charge on any atom is 0.251 e. The third-order valence-corrected chi connectivity index (χ3v) is 4.56. The lowest BCUT2D eigenvalue weighted by molar-refractivity contribution is 0.0910. The fraction of sp³-hybridized carbons (Fsp3) is 0.562. The topological polar surface area (TPSA) is 41.1 Å². The second-order valence-electron chi connectivity index (χ2n) is 5.94. The van der Waals surface area contributed by atoms with Crippen LogP contribution in [0.2, 0.25) is 0 Å². The third kappa shape index (κ3) is 2.81. The Kier molecular flexibility index (Phi) is 3.56. The number of carbonyl (C=O) groups excluding carboxylic acids is 1. The van der Waals surface area contributed by atoms with Gasteiger partial charge in [-0.3, -0.25) is 4.79 Å². The van der Waals surface area contributed by atoms with E-state index in [2.05, 4.69) is 10.6 Å². The van der Waals surface area contributed by atoms with Gasteiger partial charge in [-0.1, -0.05) is 31.0 Å². The quantitative estimate of drug-likeness (QED) is 0.855. The summed E-state index contributed by atoms with van der Waals surface area (Å²) in [5, 5.41) is 6.89. The van der Waals surface area contributed by atoms with E-state index < -0.39 is 0 Å². The zero-order valence-electron chi connectivity index (χ0n) is 11.3. The molecule has 2 aliphatic rings. The van der Waals surface area contributed by atoms with Crippen LogP contribution >= 0.6 is 0 Å². The number of amides is 1. The van der Waals surface area contributed by atoms with E-state index in [4.69, 9.17) is 0 Å². The molecule has 1 saturated carbocycles. The summed E-state index contributed by atoms with van der Waals surface area (Å²) in [7, 11) is 0. The van der Waals surface area contributed by atoms with Crippen molar-refractivity contribution >= 4 is 5.91 Å². The highest BCUT2D eigenvalue weighted by Crippen LogP contribution is 2.36. The number of hydrogen-bond donors (Lipinski definition) is 2. The van der Waals surface area contributed by atoms with E-state index in [0.29, 0.717) is 11.6 Å². The molecule has 19 heavy (non-hydrogen) atoms. The first-order chi connectivity index (χ1) is 9.27. The number of piperidine rings is 1. The van der Waals surface area contributed by atoms with E-state index in [9.17, 15) is 4.79 Å². The number of carbonyl (C=O) groups is 1. The Morgan fingerprint density at radius 1 is 1.21 bits per heavy atom. The summed E-state index contributed by atoms with van der Waals surface area (Å²) >= 11 is 0.